The first-order valence-corrected chi connectivity index (χ1v) is 6.49. The Bertz CT molecular complexity index is 443. The molecular formula is C12H21N5O4. The molecule has 0 aromatic rings. The van der Waals surface area contributed by atoms with Crippen molar-refractivity contribution >= 4 is 12.1 Å². The zero-order valence-electron chi connectivity index (χ0n) is 12.2. The minimum atomic E-state index is -1.03. The van der Waals surface area contributed by atoms with Gasteiger partial charge in [0, 0.05) is 17.2 Å². The SMILES string of the molecule is C/C(COC(=O)NCCCCC(N)C(=O)O)=C(\C)N=[N+]=[N-]. The average molecular weight is 299 g/mol. The van der Waals surface area contributed by atoms with Crippen LogP contribution in [0.2, 0.25) is 0 Å². The second kappa shape index (κ2) is 10.5. The maximum atomic E-state index is 11.4. The monoisotopic (exact) mass is 299 g/mol. The molecule has 0 bridgehead atoms. The van der Waals surface area contributed by atoms with E-state index in [9.17, 15) is 9.59 Å². The highest BCUT2D eigenvalue weighted by Gasteiger charge is 2.10. The number of amides is 1. The van der Waals surface area contributed by atoms with Gasteiger partial charge in [-0.05, 0) is 44.2 Å². The molecule has 118 valence electrons. The van der Waals surface area contributed by atoms with E-state index in [-0.39, 0.29) is 6.61 Å². The molecule has 4 N–H and O–H groups in total. The van der Waals surface area contributed by atoms with Crippen molar-refractivity contribution in [2.24, 2.45) is 10.8 Å². The molecule has 0 aliphatic carbocycles. The molecule has 0 fully saturated rings. The van der Waals surface area contributed by atoms with Gasteiger partial charge in [-0.2, -0.15) is 0 Å². The molecule has 0 aromatic heterocycles. The number of rotatable bonds is 9. The van der Waals surface area contributed by atoms with Crippen molar-refractivity contribution in [3.05, 3.63) is 21.7 Å². The summed E-state index contributed by atoms with van der Waals surface area (Å²) in [5, 5.41) is 14.5. The molecule has 0 aromatic carbocycles. The number of alkyl carbamates (subject to hydrolysis) is 1. The smallest absolute Gasteiger partial charge is 0.407 e. The van der Waals surface area contributed by atoms with Gasteiger partial charge in [-0.1, -0.05) is 5.11 Å². The van der Waals surface area contributed by atoms with Crippen LogP contribution in [0.4, 0.5) is 4.79 Å². The highest BCUT2D eigenvalue weighted by Crippen LogP contribution is 2.05. The van der Waals surface area contributed by atoms with Crippen molar-refractivity contribution in [2.75, 3.05) is 13.2 Å². The number of aliphatic carboxylic acids is 1. The number of nitrogens with one attached hydrogen (secondary N) is 1. The van der Waals surface area contributed by atoms with Crippen molar-refractivity contribution < 1.29 is 19.4 Å². The van der Waals surface area contributed by atoms with Crippen LogP contribution in [-0.4, -0.2) is 36.4 Å². The molecule has 0 aliphatic heterocycles. The third kappa shape index (κ3) is 9.31. The van der Waals surface area contributed by atoms with Gasteiger partial charge in [0.05, 0.1) is 0 Å². The highest BCUT2D eigenvalue weighted by atomic mass is 16.5. The average Bonchev–Trinajstić information content (AvgIpc) is 2.44. The number of nitrogens with zero attached hydrogens (tertiary/aromatic N) is 3. The summed E-state index contributed by atoms with van der Waals surface area (Å²) >= 11 is 0. The summed E-state index contributed by atoms with van der Waals surface area (Å²) in [4.78, 5) is 24.5. The molecule has 21 heavy (non-hydrogen) atoms. The second-order valence-electron chi connectivity index (χ2n) is 4.50. The van der Waals surface area contributed by atoms with Crippen molar-refractivity contribution in [3.63, 3.8) is 0 Å². The van der Waals surface area contributed by atoms with Gasteiger partial charge in [-0.25, -0.2) is 4.79 Å². The topological polar surface area (TPSA) is 150 Å². The number of hydrogen-bond donors (Lipinski definition) is 3. The van der Waals surface area contributed by atoms with Crippen LogP contribution in [0.5, 0.6) is 0 Å². The van der Waals surface area contributed by atoms with Crippen LogP contribution < -0.4 is 11.1 Å². The third-order valence-electron chi connectivity index (χ3n) is 2.76. The van der Waals surface area contributed by atoms with Gasteiger partial charge in [-0.15, -0.1) is 0 Å². The predicted molar refractivity (Wildman–Crippen MR) is 76.3 cm³/mol. The largest absolute Gasteiger partial charge is 0.480 e. The van der Waals surface area contributed by atoms with Crippen molar-refractivity contribution in [1.29, 1.82) is 0 Å². The van der Waals surface area contributed by atoms with Gasteiger partial charge in [0.25, 0.3) is 0 Å². The van der Waals surface area contributed by atoms with E-state index in [2.05, 4.69) is 15.3 Å². The maximum absolute atomic E-state index is 11.4. The second-order valence-corrected chi connectivity index (χ2v) is 4.50. The molecule has 0 aliphatic rings. The van der Waals surface area contributed by atoms with Gasteiger partial charge < -0.3 is 20.9 Å². The number of nitrogens with two attached hydrogens (primary N) is 1. The van der Waals surface area contributed by atoms with E-state index in [1.807, 2.05) is 0 Å². The van der Waals surface area contributed by atoms with Crippen LogP contribution in [0.3, 0.4) is 0 Å². The first-order valence-electron chi connectivity index (χ1n) is 6.49. The number of hydrogen-bond acceptors (Lipinski definition) is 5. The molecule has 0 heterocycles. The first kappa shape index (κ1) is 18.8. The normalized spacial score (nSPS) is 12.7. The molecule has 0 saturated carbocycles. The molecule has 0 spiro atoms. The molecule has 1 unspecified atom stereocenters. The Morgan fingerprint density at radius 1 is 1.43 bits per heavy atom. The molecular weight excluding hydrogens is 278 g/mol. The number of carboxylic acids is 1. The van der Waals surface area contributed by atoms with Gasteiger partial charge >= 0.3 is 12.1 Å². The van der Waals surface area contributed by atoms with Gasteiger partial charge in [-0.3, -0.25) is 4.79 Å². The van der Waals surface area contributed by atoms with Gasteiger partial charge in [0.2, 0.25) is 0 Å². The van der Waals surface area contributed by atoms with Gasteiger partial charge in [0.1, 0.15) is 12.6 Å². The Morgan fingerprint density at radius 2 is 2.10 bits per heavy atom. The lowest BCUT2D eigenvalue weighted by Crippen LogP contribution is -2.30. The summed E-state index contributed by atoms with van der Waals surface area (Å²) in [6, 6.07) is -0.867. The number of carbonyl (C=O) groups excluding carboxylic acids is 1. The third-order valence-corrected chi connectivity index (χ3v) is 2.76. The zero-order chi connectivity index (χ0) is 16.3. The lowest BCUT2D eigenvalue weighted by molar-refractivity contribution is -0.138. The molecule has 9 nitrogen and oxygen atoms in total. The standard InChI is InChI=1S/C12H21N5O4/c1-8(9(2)16-17-14)7-21-12(20)15-6-4-3-5-10(13)11(18)19/h10H,3-7,13H2,1-2H3,(H,15,20)(H,18,19)/b9-8-. The van der Waals surface area contributed by atoms with Crippen LogP contribution >= 0.6 is 0 Å². The zero-order valence-corrected chi connectivity index (χ0v) is 12.2. The summed E-state index contributed by atoms with van der Waals surface area (Å²) in [5.74, 6) is -1.03. The van der Waals surface area contributed by atoms with Crippen LogP contribution in [0.1, 0.15) is 33.1 Å². The summed E-state index contributed by atoms with van der Waals surface area (Å²) in [5.41, 5.74) is 14.7. The maximum Gasteiger partial charge on any atom is 0.407 e. The molecule has 0 saturated heterocycles. The fraction of sp³-hybridized carbons (Fsp3) is 0.667. The van der Waals surface area contributed by atoms with Crippen LogP contribution in [-0.2, 0) is 9.53 Å². The number of carbonyl (C=O) groups is 2. The van der Waals surface area contributed by atoms with Crippen molar-refractivity contribution in [2.45, 2.75) is 39.2 Å². The van der Waals surface area contributed by atoms with Gasteiger partial charge in [0.15, 0.2) is 0 Å². The number of allylic oxidation sites excluding steroid dienone is 1. The van der Waals surface area contributed by atoms with Crippen LogP contribution in [0, 0.1) is 0 Å². The van der Waals surface area contributed by atoms with E-state index in [0.29, 0.717) is 37.1 Å². The van der Waals surface area contributed by atoms with Crippen LogP contribution in [0.25, 0.3) is 10.4 Å². The number of azide groups is 1. The Morgan fingerprint density at radius 3 is 2.67 bits per heavy atom. The molecule has 0 rings (SSSR count). The van der Waals surface area contributed by atoms with Crippen molar-refractivity contribution in [1.82, 2.24) is 5.32 Å². The van der Waals surface area contributed by atoms with Crippen molar-refractivity contribution in [3.8, 4) is 0 Å². The first-order chi connectivity index (χ1) is 9.88. The van der Waals surface area contributed by atoms with E-state index >= 15 is 0 Å². The fourth-order valence-corrected chi connectivity index (χ4v) is 1.28. The highest BCUT2D eigenvalue weighted by molar-refractivity contribution is 5.72. The summed E-state index contributed by atoms with van der Waals surface area (Å²) < 4.78 is 4.93. The number of carboxylic acid groups (broad SMARTS) is 1. The Hall–Kier alpha value is -2.25. The Kier molecular flexibility index (Phi) is 9.40. The van der Waals surface area contributed by atoms with E-state index in [4.69, 9.17) is 21.1 Å². The summed E-state index contributed by atoms with van der Waals surface area (Å²) in [7, 11) is 0. The molecule has 1 atom stereocenters. The fourth-order valence-electron chi connectivity index (χ4n) is 1.28. The molecule has 0 radical (unpaired) electrons. The van der Waals surface area contributed by atoms with E-state index < -0.39 is 18.1 Å². The Balaban J connectivity index is 3.80. The quantitative estimate of drug-likeness (QED) is 0.257. The molecule has 1 amide bonds. The number of unbranched alkanes of at least 4 members (excludes halogenated alkanes) is 1. The Labute approximate surface area is 122 Å². The lowest BCUT2D eigenvalue weighted by atomic mass is 10.1. The minimum Gasteiger partial charge on any atom is -0.480 e. The molecule has 9 heteroatoms. The van der Waals surface area contributed by atoms with E-state index in [0.717, 1.165) is 0 Å². The predicted octanol–water partition coefficient (Wildman–Crippen LogP) is 1.90. The minimum absolute atomic E-state index is 0.0422. The van der Waals surface area contributed by atoms with E-state index in [1.54, 1.807) is 13.8 Å². The summed E-state index contributed by atoms with van der Waals surface area (Å²) in [6.45, 7) is 3.75. The number of ether oxygens (including phenoxy) is 1. The summed E-state index contributed by atoms with van der Waals surface area (Å²) in [6.07, 6.45) is 0.996. The van der Waals surface area contributed by atoms with E-state index in [1.165, 1.54) is 0 Å². The lowest BCUT2D eigenvalue weighted by Gasteiger charge is -2.09. The van der Waals surface area contributed by atoms with Crippen LogP contribution in [0.15, 0.2) is 16.4 Å².